The minimum Gasteiger partial charge on any atom is -0.397 e. The molecule has 0 radical (unpaired) electrons. The number of carbonyl (C=O) groups is 1. The number of rotatable bonds is 2. The standard InChI is InChI=1S/C8H7ClN2O3/c1-4(12)7-6(11(13)14)3-2-5(9)8(7)10/h2-3H,10H2,1H3. The van der Waals surface area contributed by atoms with Crippen molar-refractivity contribution in [2.45, 2.75) is 6.92 Å². The van der Waals surface area contributed by atoms with Gasteiger partial charge >= 0.3 is 0 Å². The summed E-state index contributed by atoms with van der Waals surface area (Å²) in [5, 5.41) is 10.7. The Labute approximate surface area is 84.6 Å². The number of Topliss-reactive ketones (excluding diaryl/α,β-unsaturated/α-hetero) is 1. The van der Waals surface area contributed by atoms with Gasteiger partial charge in [-0.15, -0.1) is 0 Å². The number of halogens is 1. The Hall–Kier alpha value is -1.62. The van der Waals surface area contributed by atoms with Crippen molar-refractivity contribution in [3.8, 4) is 0 Å². The van der Waals surface area contributed by atoms with Gasteiger partial charge in [0.2, 0.25) is 0 Å². The van der Waals surface area contributed by atoms with E-state index in [2.05, 4.69) is 0 Å². The van der Waals surface area contributed by atoms with Gasteiger partial charge < -0.3 is 5.73 Å². The summed E-state index contributed by atoms with van der Waals surface area (Å²) in [7, 11) is 0. The molecule has 0 saturated heterocycles. The average molecular weight is 215 g/mol. The lowest BCUT2D eigenvalue weighted by Gasteiger charge is -2.04. The molecule has 0 aliphatic carbocycles. The first kappa shape index (κ1) is 10.5. The quantitative estimate of drug-likeness (QED) is 0.353. The highest BCUT2D eigenvalue weighted by Crippen LogP contribution is 2.30. The largest absolute Gasteiger partial charge is 0.397 e. The summed E-state index contributed by atoms with van der Waals surface area (Å²) in [6, 6.07) is 2.46. The van der Waals surface area contributed by atoms with E-state index in [1.807, 2.05) is 0 Å². The minimum absolute atomic E-state index is 0.0478. The molecule has 0 aliphatic heterocycles. The second-order valence-corrected chi connectivity index (χ2v) is 3.08. The summed E-state index contributed by atoms with van der Waals surface area (Å²) in [6.45, 7) is 1.20. The van der Waals surface area contributed by atoms with Gasteiger partial charge in [0.25, 0.3) is 5.69 Å². The molecule has 6 heteroatoms. The average Bonchev–Trinajstić information content (AvgIpc) is 2.08. The predicted octanol–water partition coefficient (Wildman–Crippen LogP) is 2.03. The number of carbonyl (C=O) groups excluding carboxylic acids is 1. The third-order valence-electron chi connectivity index (χ3n) is 1.72. The van der Waals surface area contributed by atoms with Crippen molar-refractivity contribution in [2.75, 3.05) is 5.73 Å². The second kappa shape index (κ2) is 3.63. The Kier molecular flexibility index (Phi) is 2.71. The summed E-state index contributed by atoms with van der Waals surface area (Å²) < 4.78 is 0. The van der Waals surface area contributed by atoms with E-state index in [1.54, 1.807) is 0 Å². The zero-order valence-electron chi connectivity index (χ0n) is 7.28. The van der Waals surface area contributed by atoms with Crippen LogP contribution < -0.4 is 5.73 Å². The first-order valence-electron chi connectivity index (χ1n) is 3.68. The van der Waals surface area contributed by atoms with E-state index in [0.29, 0.717) is 0 Å². The predicted molar refractivity (Wildman–Crippen MR) is 52.5 cm³/mol. The van der Waals surface area contributed by atoms with Gasteiger partial charge in [0.1, 0.15) is 5.56 Å². The Morgan fingerprint density at radius 3 is 2.57 bits per heavy atom. The van der Waals surface area contributed by atoms with Crippen LogP contribution in [-0.4, -0.2) is 10.7 Å². The maximum atomic E-state index is 11.1. The lowest BCUT2D eigenvalue weighted by Crippen LogP contribution is -2.05. The second-order valence-electron chi connectivity index (χ2n) is 2.67. The van der Waals surface area contributed by atoms with Crippen molar-refractivity contribution >= 4 is 28.8 Å². The topological polar surface area (TPSA) is 86.2 Å². The molecule has 14 heavy (non-hydrogen) atoms. The molecule has 2 N–H and O–H groups in total. The molecule has 1 rings (SSSR count). The van der Waals surface area contributed by atoms with Crippen molar-refractivity contribution in [2.24, 2.45) is 0 Å². The number of nitro groups is 1. The monoisotopic (exact) mass is 214 g/mol. The molecule has 0 spiro atoms. The highest BCUT2D eigenvalue weighted by atomic mass is 35.5. The molecular weight excluding hydrogens is 208 g/mol. The van der Waals surface area contributed by atoms with Crippen LogP contribution in [0.5, 0.6) is 0 Å². The number of nitrogen functional groups attached to an aromatic ring is 1. The van der Waals surface area contributed by atoms with Crippen molar-refractivity contribution in [1.29, 1.82) is 0 Å². The van der Waals surface area contributed by atoms with Crippen LogP contribution in [-0.2, 0) is 0 Å². The number of nitrogens with two attached hydrogens (primary N) is 1. The third kappa shape index (κ3) is 1.67. The molecule has 0 heterocycles. The van der Waals surface area contributed by atoms with E-state index < -0.39 is 10.7 Å². The molecule has 0 saturated carbocycles. The fourth-order valence-electron chi connectivity index (χ4n) is 1.10. The summed E-state index contributed by atoms with van der Waals surface area (Å²) in [4.78, 5) is 21.0. The van der Waals surface area contributed by atoms with E-state index in [0.717, 1.165) is 6.07 Å². The Bertz CT molecular complexity index is 417. The Morgan fingerprint density at radius 2 is 2.14 bits per heavy atom. The van der Waals surface area contributed by atoms with Gasteiger partial charge in [0, 0.05) is 6.07 Å². The first-order valence-corrected chi connectivity index (χ1v) is 4.06. The Balaban J connectivity index is 3.53. The lowest BCUT2D eigenvalue weighted by atomic mass is 10.1. The number of hydrogen-bond donors (Lipinski definition) is 1. The highest BCUT2D eigenvalue weighted by Gasteiger charge is 2.21. The Morgan fingerprint density at radius 1 is 1.57 bits per heavy atom. The van der Waals surface area contributed by atoms with Gasteiger partial charge in [0.05, 0.1) is 15.6 Å². The van der Waals surface area contributed by atoms with Crippen LogP contribution in [0.15, 0.2) is 12.1 Å². The fourth-order valence-corrected chi connectivity index (χ4v) is 1.26. The molecule has 0 bridgehead atoms. The molecule has 0 aromatic heterocycles. The van der Waals surface area contributed by atoms with Crippen LogP contribution in [0.3, 0.4) is 0 Å². The lowest BCUT2D eigenvalue weighted by molar-refractivity contribution is -0.385. The van der Waals surface area contributed by atoms with Gasteiger partial charge in [-0.2, -0.15) is 0 Å². The van der Waals surface area contributed by atoms with Gasteiger partial charge in [-0.3, -0.25) is 14.9 Å². The molecule has 0 atom stereocenters. The molecule has 0 unspecified atom stereocenters. The van der Waals surface area contributed by atoms with Crippen LogP contribution in [0.2, 0.25) is 5.02 Å². The fraction of sp³-hybridized carbons (Fsp3) is 0.125. The summed E-state index contributed by atoms with van der Waals surface area (Å²) in [6.07, 6.45) is 0. The number of nitrogens with zero attached hydrogens (tertiary/aromatic N) is 1. The van der Waals surface area contributed by atoms with E-state index in [-0.39, 0.29) is 22.0 Å². The van der Waals surface area contributed by atoms with Gasteiger partial charge in [-0.1, -0.05) is 11.6 Å². The zero-order valence-corrected chi connectivity index (χ0v) is 8.04. The summed E-state index contributed by atoms with van der Waals surface area (Å²) >= 11 is 5.63. The number of ketones is 1. The molecular formula is C8H7ClN2O3. The summed E-state index contributed by atoms with van der Waals surface area (Å²) in [5.41, 5.74) is 4.96. The van der Waals surface area contributed by atoms with Gasteiger partial charge in [-0.25, -0.2) is 0 Å². The summed E-state index contributed by atoms with van der Waals surface area (Å²) in [5.74, 6) is -0.475. The van der Waals surface area contributed by atoms with Crippen molar-refractivity contribution in [3.63, 3.8) is 0 Å². The van der Waals surface area contributed by atoms with Crippen molar-refractivity contribution in [1.82, 2.24) is 0 Å². The minimum atomic E-state index is -0.663. The number of nitro benzene ring substituents is 1. The van der Waals surface area contributed by atoms with E-state index >= 15 is 0 Å². The van der Waals surface area contributed by atoms with Gasteiger partial charge in [-0.05, 0) is 13.0 Å². The van der Waals surface area contributed by atoms with Crippen molar-refractivity contribution in [3.05, 3.63) is 32.8 Å². The van der Waals surface area contributed by atoms with E-state index in [9.17, 15) is 14.9 Å². The number of benzene rings is 1. The number of anilines is 1. The van der Waals surface area contributed by atoms with Crippen LogP contribution in [0.25, 0.3) is 0 Å². The SMILES string of the molecule is CC(=O)c1c([N+](=O)[O-])ccc(Cl)c1N. The van der Waals surface area contributed by atoms with Gasteiger partial charge in [0.15, 0.2) is 5.78 Å². The molecule has 1 aromatic rings. The zero-order chi connectivity index (χ0) is 10.9. The van der Waals surface area contributed by atoms with Crippen LogP contribution in [0.1, 0.15) is 17.3 Å². The van der Waals surface area contributed by atoms with Crippen LogP contribution in [0, 0.1) is 10.1 Å². The number of hydrogen-bond acceptors (Lipinski definition) is 4. The van der Waals surface area contributed by atoms with E-state index in [4.69, 9.17) is 17.3 Å². The smallest absolute Gasteiger partial charge is 0.282 e. The molecule has 0 fully saturated rings. The first-order chi connectivity index (χ1) is 6.45. The molecule has 0 amide bonds. The third-order valence-corrected chi connectivity index (χ3v) is 2.05. The highest BCUT2D eigenvalue weighted by molar-refractivity contribution is 6.34. The molecule has 0 aliphatic rings. The van der Waals surface area contributed by atoms with Crippen LogP contribution >= 0.6 is 11.6 Å². The molecule has 1 aromatic carbocycles. The normalized spacial score (nSPS) is 9.86. The molecule has 74 valence electrons. The van der Waals surface area contributed by atoms with Crippen molar-refractivity contribution < 1.29 is 9.72 Å². The maximum Gasteiger partial charge on any atom is 0.282 e. The molecule has 5 nitrogen and oxygen atoms in total. The van der Waals surface area contributed by atoms with Crippen LogP contribution in [0.4, 0.5) is 11.4 Å². The maximum absolute atomic E-state index is 11.1. The van der Waals surface area contributed by atoms with E-state index in [1.165, 1.54) is 13.0 Å².